The van der Waals surface area contributed by atoms with Gasteiger partial charge >= 0.3 is 5.97 Å². The number of nitrogens with two attached hydrogens (primary N) is 1. The summed E-state index contributed by atoms with van der Waals surface area (Å²) in [7, 11) is 2.94. The zero-order chi connectivity index (χ0) is 22.4. The molecule has 0 bridgehead atoms. The summed E-state index contributed by atoms with van der Waals surface area (Å²) in [5.41, 5.74) is 8.26. The number of benzene rings is 2. The molecule has 31 heavy (non-hydrogen) atoms. The molecule has 1 heterocycles. The van der Waals surface area contributed by atoms with Crippen LogP contribution in [0.2, 0.25) is 0 Å². The molecule has 162 valence electrons. The molecule has 1 atom stereocenters. The van der Waals surface area contributed by atoms with E-state index in [-0.39, 0.29) is 13.0 Å². The molecule has 3 rings (SSSR count). The number of carbonyl (C=O) groups is 1. The Kier molecular flexibility index (Phi) is 6.99. The van der Waals surface area contributed by atoms with Crippen LogP contribution in [0.4, 0.5) is 10.2 Å². The molecule has 0 aliphatic carbocycles. The number of halogens is 1. The minimum atomic E-state index is -1.04. The Morgan fingerprint density at radius 3 is 2.39 bits per heavy atom. The van der Waals surface area contributed by atoms with E-state index in [1.807, 2.05) is 24.3 Å². The largest absolute Gasteiger partial charge is 0.493 e. The highest BCUT2D eigenvalue weighted by molar-refractivity contribution is 5.73. The maximum absolute atomic E-state index is 14.2. The van der Waals surface area contributed by atoms with Gasteiger partial charge in [0.1, 0.15) is 17.7 Å². The van der Waals surface area contributed by atoms with Crippen molar-refractivity contribution >= 4 is 11.8 Å². The summed E-state index contributed by atoms with van der Waals surface area (Å²) in [6.45, 7) is 0.193. The maximum Gasteiger partial charge on any atom is 0.320 e. The third-order valence-corrected chi connectivity index (χ3v) is 4.69. The van der Waals surface area contributed by atoms with Crippen molar-refractivity contribution in [1.29, 1.82) is 0 Å². The normalized spacial score (nSPS) is 11.6. The lowest BCUT2D eigenvalue weighted by molar-refractivity contribution is -0.138. The standard InChI is InChI=1S/C22H23FN4O4/c1-30-19-8-15(16(23)9-20(19)31-2)10-26-21-12-25-18(11-27-21)14-5-3-13(4-6-14)7-17(24)22(28)29/h3-6,8-9,11-12,17H,7,10,24H2,1-2H3,(H,26,27)(H,28,29). The zero-order valence-corrected chi connectivity index (χ0v) is 17.1. The van der Waals surface area contributed by atoms with Crippen LogP contribution in [0.5, 0.6) is 11.5 Å². The van der Waals surface area contributed by atoms with E-state index < -0.39 is 17.8 Å². The Morgan fingerprint density at radius 1 is 1.13 bits per heavy atom. The fraction of sp³-hybridized carbons (Fsp3) is 0.227. The highest BCUT2D eigenvalue weighted by Crippen LogP contribution is 2.30. The second kappa shape index (κ2) is 9.86. The lowest BCUT2D eigenvalue weighted by atomic mass is 10.0. The summed E-state index contributed by atoms with van der Waals surface area (Å²) >= 11 is 0. The van der Waals surface area contributed by atoms with E-state index in [2.05, 4.69) is 15.3 Å². The second-order valence-corrected chi connectivity index (χ2v) is 6.78. The summed E-state index contributed by atoms with van der Waals surface area (Å²) in [4.78, 5) is 19.6. The van der Waals surface area contributed by atoms with E-state index in [4.69, 9.17) is 20.3 Å². The number of rotatable bonds is 9. The minimum Gasteiger partial charge on any atom is -0.493 e. The van der Waals surface area contributed by atoms with Gasteiger partial charge in [-0.2, -0.15) is 0 Å². The van der Waals surface area contributed by atoms with Crippen LogP contribution in [0.25, 0.3) is 11.3 Å². The van der Waals surface area contributed by atoms with E-state index in [1.165, 1.54) is 20.3 Å². The highest BCUT2D eigenvalue weighted by atomic mass is 19.1. The van der Waals surface area contributed by atoms with Crippen LogP contribution < -0.4 is 20.5 Å². The summed E-state index contributed by atoms with van der Waals surface area (Å²) in [5, 5.41) is 11.9. The van der Waals surface area contributed by atoms with Gasteiger partial charge in [0.05, 0.1) is 32.3 Å². The molecule has 0 amide bonds. The number of anilines is 1. The first-order valence-electron chi connectivity index (χ1n) is 9.45. The van der Waals surface area contributed by atoms with Crippen LogP contribution >= 0.6 is 0 Å². The van der Waals surface area contributed by atoms with E-state index in [1.54, 1.807) is 18.5 Å². The summed E-state index contributed by atoms with van der Waals surface area (Å²) in [6, 6.07) is 9.20. The molecule has 0 aliphatic rings. The molecule has 3 aromatic rings. The van der Waals surface area contributed by atoms with Gasteiger partial charge in [-0.25, -0.2) is 9.37 Å². The Bertz CT molecular complexity index is 1040. The zero-order valence-electron chi connectivity index (χ0n) is 17.1. The van der Waals surface area contributed by atoms with Crippen molar-refractivity contribution in [3.63, 3.8) is 0 Å². The lowest BCUT2D eigenvalue weighted by Gasteiger charge is -2.12. The van der Waals surface area contributed by atoms with Gasteiger partial charge in [-0.3, -0.25) is 9.78 Å². The molecule has 0 fully saturated rings. The fourth-order valence-electron chi connectivity index (χ4n) is 2.94. The van der Waals surface area contributed by atoms with Crippen molar-refractivity contribution in [3.05, 3.63) is 65.7 Å². The third-order valence-electron chi connectivity index (χ3n) is 4.69. The van der Waals surface area contributed by atoms with Crippen molar-refractivity contribution in [1.82, 2.24) is 9.97 Å². The Balaban J connectivity index is 1.65. The number of methoxy groups -OCH3 is 2. The number of hydrogen-bond acceptors (Lipinski definition) is 7. The van der Waals surface area contributed by atoms with Crippen LogP contribution in [-0.4, -0.2) is 41.3 Å². The number of aromatic nitrogens is 2. The van der Waals surface area contributed by atoms with Crippen molar-refractivity contribution < 1.29 is 23.8 Å². The number of carboxylic acids is 1. The molecule has 0 radical (unpaired) electrons. The molecule has 2 aromatic carbocycles. The average molecular weight is 426 g/mol. The molecule has 0 spiro atoms. The third kappa shape index (κ3) is 5.46. The summed E-state index contributed by atoms with van der Waals surface area (Å²) in [5.74, 6) is -0.204. The molecular formula is C22H23FN4O4. The number of nitrogens with zero attached hydrogens (tertiary/aromatic N) is 2. The summed E-state index contributed by atoms with van der Waals surface area (Å²) < 4.78 is 24.5. The van der Waals surface area contributed by atoms with Crippen molar-refractivity contribution in [2.45, 2.75) is 19.0 Å². The molecular weight excluding hydrogens is 403 g/mol. The van der Waals surface area contributed by atoms with Gasteiger partial charge in [-0.05, 0) is 18.1 Å². The lowest BCUT2D eigenvalue weighted by Crippen LogP contribution is -2.32. The van der Waals surface area contributed by atoms with E-state index in [0.717, 1.165) is 11.1 Å². The molecule has 0 saturated heterocycles. The first kappa shape index (κ1) is 22.0. The van der Waals surface area contributed by atoms with Crippen LogP contribution in [0, 0.1) is 5.82 Å². The van der Waals surface area contributed by atoms with Crippen molar-refractivity contribution in [2.24, 2.45) is 5.73 Å². The van der Waals surface area contributed by atoms with Gasteiger partial charge in [-0.1, -0.05) is 24.3 Å². The average Bonchev–Trinajstić information content (AvgIpc) is 2.78. The van der Waals surface area contributed by atoms with Crippen molar-refractivity contribution in [3.8, 4) is 22.8 Å². The van der Waals surface area contributed by atoms with Crippen LogP contribution in [0.1, 0.15) is 11.1 Å². The predicted molar refractivity (Wildman–Crippen MR) is 114 cm³/mol. The number of aliphatic carboxylic acids is 1. The fourth-order valence-corrected chi connectivity index (χ4v) is 2.94. The van der Waals surface area contributed by atoms with E-state index in [0.29, 0.717) is 28.6 Å². The molecule has 9 heteroatoms. The van der Waals surface area contributed by atoms with Crippen LogP contribution in [0.15, 0.2) is 48.8 Å². The number of carboxylic acid groups (broad SMARTS) is 1. The molecule has 8 nitrogen and oxygen atoms in total. The highest BCUT2D eigenvalue weighted by Gasteiger charge is 2.13. The van der Waals surface area contributed by atoms with Gasteiger partial charge in [0.15, 0.2) is 11.5 Å². The minimum absolute atomic E-state index is 0.193. The van der Waals surface area contributed by atoms with Gasteiger partial charge in [0, 0.05) is 23.7 Å². The number of ether oxygens (including phenoxy) is 2. The van der Waals surface area contributed by atoms with E-state index in [9.17, 15) is 9.18 Å². The number of hydrogen-bond donors (Lipinski definition) is 3. The molecule has 1 unspecified atom stereocenters. The predicted octanol–water partition coefficient (Wildman–Crippen LogP) is 2.87. The van der Waals surface area contributed by atoms with E-state index >= 15 is 0 Å². The van der Waals surface area contributed by atoms with Crippen molar-refractivity contribution in [2.75, 3.05) is 19.5 Å². The maximum atomic E-state index is 14.2. The smallest absolute Gasteiger partial charge is 0.320 e. The monoisotopic (exact) mass is 426 g/mol. The molecule has 1 aromatic heterocycles. The Morgan fingerprint density at radius 2 is 1.81 bits per heavy atom. The van der Waals surface area contributed by atoms with Crippen LogP contribution in [0.3, 0.4) is 0 Å². The Labute approximate surface area is 178 Å². The first-order chi connectivity index (χ1) is 14.9. The Hall–Kier alpha value is -3.72. The number of nitrogens with one attached hydrogen (secondary N) is 1. The second-order valence-electron chi connectivity index (χ2n) is 6.78. The molecule has 0 aliphatic heterocycles. The quantitative estimate of drug-likeness (QED) is 0.478. The van der Waals surface area contributed by atoms with Gasteiger partial charge in [0.2, 0.25) is 0 Å². The van der Waals surface area contributed by atoms with Gasteiger partial charge in [-0.15, -0.1) is 0 Å². The SMILES string of the molecule is COc1cc(F)c(CNc2cnc(-c3ccc(CC(N)C(=O)O)cc3)cn2)cc1OC. The van der Waals surface area contributed by atoms with Gasteiger partial charge < -0.3 is 25.6 Å². The summed E-state index contributed by atoms with van der Waals surface area (Å²) in [6.07, 6.45) is 3.41. The molecule has 0 saturated carbocycles. The topological polar surface area (TPSA) is 120 Å². The van der Waals surface area contributed by atoms with Crippen LogP contribution in [-0.2, 0) is 17.8 Å². The molecule has 4 N–H and O–H groups in total. The van der Waals surface area contributed by atoms with Gasteiger partial charge in [0.25, 0.3) is 0 Å². The first-order valence-corrected chi connectivity index (χ1v) is 9.45.